The van der Waals surface area contributed by atoms with E-state index in [1.807, 2.05) is 32.0 Å². The van der Waals surface area contributed by atoms with Crippen LogP contribution in [0.2, 0.25) is 0 Å². The van der Waals surface area contributed by atoms with Crippen LogP contribution in [0.5, 0.6) is 0 Å². The van der Waals surface area contributed by atoms with E-state index in [-0.39, 0.29) is 11.8 Å². The number of carbonyl (C=O) groups excluding carboxylic acids is 1. The minimum Gasteiger partial charge on any atom is -0.480 e. The molecule has 0 aromatic heterocycles. The van der Waals surface area contributed by atoms with Crippen LogP contribution in [-0.4, -0.2) is 36.2 Å². The van der Waals surface area contributed by atoms with Crippen molar-refractivity contribution in [1.82, 2.24) is 5.32 Å². The third kappa shape index (κ3) is 4.31. The lowest BCUT2D eigenvalue weighted by Gasteiger charge is -2.17. The van der Waals surface area contributed by atoms with Gasteiger partial charge in [-0.05, 0) is 36.5 Å². The van der Waals surface area contributed by atoms with Gasteiger partial charge in [0.25, 0.3) is 5.91 Å². The average Bonchev–Trinajstić information content (AvgIpc) is 3.00. The van der Waals surface area contributed by atoms with Crippen molar-refractivity contribution in [3.8, 4) is 0 Å². The number of nitrogens with one attached hydrogen (secondary N) is 1. The van der Waals surface area contributed by atoms with Gasteiger partial charge in [0.2, 0.25) is 0 Å². The molecule has 1 fully saturated rings. The van der Waals surface area contributed by atoms with Crippen LogP contribution in [0.1, 0.15) is 48.5 Å². The van der Waals surface area contributed by atoms with Gasteiger partial charge in [0.1, 0.15) is 6.04 Å². The molecular weight excluding hydrogens is 282 g/mol. The van der Waals surface area contributed by atoms with Gasteiger partial charge in [-0.2, -0.15) is 0 Å². The van der Waals surface area contributed by atoms with Gasteiger partial charge in [0.15, 0.2) is 0 Å². The molecule has 22 heavy (non-hydrogen) atoms. The molecule has 1 saturated heterocycles. The molecule has 5 heteroatoms. The quantitative estimate of drug-likeness (QED) is 0.846. The van der Waals surface area contributed by atoms with Crippen molar-refractivity contribution >= 4 is 11.9 Å². The number of ether oxygens (including phenoxy) is 1. The van der Waals surface area contributed by atoms with E-state index in [1.54, 1.807) is 6.07 Å². The Morgan fingerprint density at radius 2 is 2.18 bits per heavy atom. The van der Waals surface area contributed by atoms with E-state index in [0.29, 0.717) is 24.5 Å². The maximum Gasteiger partial charge on any atom is 0.326 e. The highest BCUT2D eigenvalue weighted by atomic mass is 16.5. The normalized spacial score (nSPS) is 19.1. The van der Waals surface area contributed by atoms with Gasteiger partial charge in [-0.15, -0.1) is 0 Å². The van der Waals surface area contributed by atoms with Crippen molar-refractivity contribution in [2.75, 3.05) is 13.2 Å². The standard InChI is InChI=1S/C17H23NO4/c1-11(2)8-15(17(20)21)18-16(19)13-5-3-4-12(9-13)14-6-7-22-10-14/h3-5,9,11,14-15H,6-8,10H2,1-2H3,(H,18,19)(H,20,21). The summed E-state index contributed by atoms with van der Waals surface area (Å²) in [6.45, 7) is 5.29. The molecule has 0 saturated carbocycles. The molecule has 1 aromatic carbocycles. The molecule has 1 aromatic rings. The summed E-state index contributed by atoms with van der Waals surface area (Å²) in [5.41, 5.74) is 1.57. The first-order chi connectivity index (χ1) is 10.5. The second kappa shape index (κ2) is 7.40. The Kier molecular flexibility index (Phi) is 5.55. The van der Waals surface area contributed by atoms with Gasteiger partial charge < -0.3 is 15.2 Å². The van der Waals surface area contributed by atoms with Crippen LogP contribution in [0.25, 0.3) is 0 Å². The lowest BCUT2D eigenvalue weighted by Crippen LogP contribution is -2.41. The van der Waals surface area contributed by atoms with Gasteiger partial charge in [-0.3, -0.25) is 4.79 Å². The summed E-state index contributed by atoms with van der Waals surface area (Å²) >= 11 is 0. The van der Waals surface area contributed by atoms with Crippen molar-refractivity contribution in [2.45, 2.75) is 38.6 Å². The fraction of sp³-hybridized carbons (Fsp3) is 0.529. The lowest BCUT2D eigenvalue weighted by molar-refractivity contribution is -0.139. The van der Waals surface area contributed by atoms with Gasteiger partial charge >= 0.3 is 5.97 Å². The Balaban J connectivity index is 2.08. The molecule has 0 aliphatic carbocycles. The monoisotopic (exact) mass is 305 g/mol. The number of hydrogen-bond acceptors (Lipinski definition) is 3. The topological polar surface area (TPSA) is 75.6 Å². The zero-order chi connectivity index (χ0) is 16.1. The van der Waals surface area contributed by atoms with E-state index in [9.17, 15) is 14.7 Å². The second-order valence-corrected chi connectivity index (χ2v) is 6.18. The molecule has 2 unspecified atom stereocenters. The molecule has 0 spiro atoms. The SMILES string of the molecule is CC(C)CC(NC(=O)c1cccc(C2CCOC2)c1)C(=O)O. The highest BCUT2D eigenvalue weighted by molar-refractivity contribution is 5.96. The summed E-state index contributed by atoms with van der Waals surface area (Å²) < 4.78 is 5.37. The third-order valence-corrected chi connectivity index (χ3v) is 3.86. The van der Waals surface area contributed by atoms with Crippen molar-refractivity contribution in [2.24, 2.45) is 5.92 Å². The highest BCUT2D eigenvalue weighted by Gasteiger charge is 2.23. The number of benzene rings is 1. The fourth-order valence-electron chi connectivity index (χ4n) is 2.67. The summed E-state index contributed by atoms with van der Waals surface area (Å²) in [5.74, 6) is -0.821. The lowest BCUT2D eigenvalue weighted by atomic mass is 9.96. The first-order valence-corrected chi connectivity index (χ1v) is 7.68. The predicted octanol–water partition coefficient (Wildman–Crippen LogP) is 2.42. The van der Waals surface area contributed by atoms with Crippen molar-refractivity contribution in [3.63, 3.8) is 0 Å². The second-order valence-electron chi connectivity index (χ2n) is 6.18. The number of amides is 1. The molecule has 2 rings (SSSR count). The Bertz CT molecular complexity index is 535. The molecule has 0 radical (unpaired) electrons. The summed E-state index contributed by atoms with van der Waals surface area (Å²) in [6.07, 6.45) is 1.37. The molecule has 5 nitrogen and oxygen atoms in total. The Hall–Kier alpha value is -1.88. The van der Waals surface area contributed by atoms with Crippen molar-refractivity contribution in [3.05, 3.63) is 35.4 Å². The Morgan fingerprint density at radius 1 is 1.41 bits per heavy atom. The zero-order valence-corrected chi connectivity index (χ0v) is 13.0. The largest absolute Gasteiger partial charge is 0.480 e. The molecule has 1 aliphatic heterocycles. The number of carboxylic acid groups (broad SMARTS) is 1. The molecule has 120 valence electrons. The molecule has 2 N–H and O–H groups in total. The van der Waals surface area contributed by atoms with Gasteiger partial charge in [0.05, 0.1) is 6.61 Å². The number of carbonyl (C=O) groups is 2. The number of aliphatic carboxylic acids is 1. The summed E-state index contributed by atoms with van der Waals surface area (Å²) in [7, 11) is 0. The van der Waals surface area contributed by atoms with Crippen LogP contribution in [0.4, 0.5) is 0 Å². The first-order valence-electron chi connectivity index (χ1n) is 7.68. The van der Waals surface area contributed by atoms with E-state index in [4.69, 9.17) is 4.74 Å². The summed E-state index contributed by atoms with van der Waals surface area (Å²) in [4.78, 5) is 23.5. The van der Waals surface area contributed by atoms with E-state index in [2.05, 4.69) is 5.32 Å². The van der Waals surface area contributed by atoms with Crippen LogP contribution in [-0.2, 0) is 9.53 Å². The van der Waals surface area contributed by atoms with Crippen LogP contribution < -0.4 is 5.32 Å². The maximum absolute atomic E-state index is 12.3. The van der Waals surface area contributed by atoms with E-state index < -0.39 is 12.0 Å². The smallest absolute Gasteiger partial charge is 0.326 e. The van der Waals surface area contributed by atoms with Crippen LogP contribution in [0.3, 0.4) is 0 Å². The molecule has 0 bridgehead atoms. The Labute approximate surface area is 130 Å². The third-order valence-electron chi connectivity index (χ3n) is 3.86. The average molecular weight is 305 g/mol. The van der Waals surface area contributed by atoms with Crippen molar-refractivity contribution in [1.29, 1.82) is 0 Å². The molecule has 1 heterocycles. The fourth-order valence-corrected chi connectivity index (χ4v) is 2.67. The summed E-state index contributed by atoms with van der Waals surface area (Å²) in [6, 6.07) is 6.51. The Morgan fingerprint density at radius 3 is 2.77 bits per heavy atom. The first kappa shape index (κ1) is 16.5. The predicted molar refractivity (Wildman–Crippen MR) is 83.0 cm³/mol. The summed E-state index contributed by atoms with van der Waals surface area (Å²) in [5, 5.41) is 11.8. The van der Waals surface area contributed by atoms with E-state index in [1.165, 1.54) is 0 Å². The molecule has 1 amide bonds. The molecule has 2 atom stereocenters. The number of hydrogen-bond donors (Lipinski definition) is 2. The zero-order valence-electron chi connectivity index (χ0n) is 13.0. The molecule has 1 aliphatic rings. The van der Waals surface area contributed by atoms with Crippen LogP contribution in [0.15, 0.2) is 24.3 Å². The van der Waals surface area contributed by atoms with Crippen molar-refractivity contribution < 1.29 is 19.4 Å². The highest BCUT2D eigenvalue weighted by Crippen LogP contribution is 2.25. The van der Waals surface area contributed by atoms with Gasteiger partial charge in [0, 0.05) is 18.1 Å². The minimum atomic E-state index is -0.998. The van der Waals surface area contributed by atoms with Crippen LogP contribution in [0, 0.1) is 5.92 Å². The van der Waals surface area contributed by atoms with Gasteiger partial charge in [-0.25, -0.2) is 4.79 Å². The number of rotatable bonds is 6. The van der Waals surface area contributed by atoms with Crippen LogP contribution >= 0.6 is 0 Å². The minimum absolute atomic E-state index is 0.198. The van der Waals surface area contributed by atoms with Gasteiger partial charge in [-0.1, -0.05) is 26.0 Å². The van der Waals surface area contributed by atoms with E-state index >= 15 is 0 Å². The van der Waals surface area contributed by atoms with E-state index in [0.717, 1.165) is 18.6 Å². The molecular formula is C17H23NO4. The number of carboxylic acids is 1. The maximum atomic E-state index is 12.3.